The van der Waals surface area contributed by atoms with Crippen molar-refractivity contribution in [1.82, 2.24) is 4.90 Å². The molecule has 0 amide bonds. The summed E-state index contributed by atoms with van der Waals surface area (Å²) in [6.45, 7) is 6.71. The van der Waals surface area contributed by atoms with Crippen LogP contribution in [0.3, 0.4) is 0 Å². The highest BCUT2D eigenvalue weighted by molar-refractivity contribution is 5.67. The first-order valence-corrected chi connectivity index (χ1v) is 7.49. The summed E-state index contributed by atoms with van der Waals surface area (Å²) in [5.41, 5.74) is 1.96. The summed E-state index contributed by atoms with van der Waals surface area (Å²) >= 11 is 0. The normalized spacial score (nSPS) is 17.1. The lowest BCUT2D eigenvalue weighted by Gasteiger charge is -2.34. The van der Waals surface area contributed by atoms with Gasteiger partial charge in [-0.05, 0) is 42.5 Å². The van der Waals surface area contributed by atoms with Crippen LogP contribution in [0.25, 0.3) is 5.57 Å². The van der Waals surface area contributed by atoms with Crippen LogP contribution in [-0.4, -0.2) is 40.3 Å². The highest BCUT2D eigenvalue weighted by Gasteiger charge is 2.26. The van der Waals surface area contributed by atoms with E-state index in [1.165, 1.54) is 11.1 Å². The van der Waals surface area contributed by atoms with Crippen molar-refractivity contribution in [2.75, 3.05) is 19.6 Å². The third-order valence-electron chi connectivity index (χ3n) is 4.37. The van der Waals surface area contributed by atoms with Crippen LogP contribution < -0.4 is 0 Å². The van der Waals surface area contributed by atoms with Gasteiger partial charge in [-0.25, -0.2) is 0 Å². The molecule has 1 heterocycles. The summed E-state index contributed by atoms with van der Waals surface area (Å²) in [6.07, 6.45) is 4.83. The number of aromatic hydroxyl groups is 1. The highest BCUT2D eigenvalue weighted by atomic mass is 16.3. The Balaban J connectivity index is 1.98. The first-order chi connectivity index (χ1) is 9.56. The van der Waals surface area contributed by atoms with Gasteiger partial charge in [-0.1, -0.05) is 32.1 Å². The smallest absolute Gasteiger partial charge is 0.115 e. The fourth-order valence-electron chi connectivity index (χ4n) is 2.68. The van der Waals surface area contributed by atoms with E-state index in [9.17, 15) is 10.2 Å². The van der Waals surface area contributed by atoms with E-state index in [4.69, 9.17) is 0 Å². The molecule has 0 aromatic heterocycles. The van der Waals surface area contributed by atoms with E-state index >= 15 is 0 Å². The second-order valence-corrected chi connectivity index (χ2v) is 5.69. The number of phenolic OH excluding ortho intramolecular Hbond substituents is 1. The van der Waals surface area contributed by atoms with Gasteiger partial charge in [-0.2, -0.15) is 0 Å². The molecule has 1 aromatic carbocycles. The van der Waals surface area contributed by atoms with Gasteiger partial charge in [0.15, 0.2) is 0 Å². The Morgan fingerprint density at radius 1 is 1.15 bits per heavy atom. The van der Waals surface area contributed by atoms with Gasteiger partial charge in [0.2, 0.25) is 0 Å². The maximum Gasteiger partial charge on any atom is 0.115 e. The molecule has 1 aromatic rings. The van der Waals surface area contributed by atoms with E-state index in [0.29, 0.717) is 5.75 Å². The summed E-state index contributed by atoms with van der Waals surface area (Å²) in [6, 6.07) is 7.39. The van der Waals surface area contributed by atoms with Crippen LogP contribution in [0.5, 0.6) is 5.75 Å². The van der Waals surface area contributed by atoms with Gasteiger partial charge in [-0.15, -0.1) is 0 Å². The van der Waals surface area contributed by atoms with E-state index in [1.807, 2.05) is 26.0 Å². The summed E-state index contributed by atoms with van der Waals surface area (Å²) in [5.74, 6) is 0.308. The molecular formula is C17H25NO2. The molecule has 0 spiro atoms. The van der Waals surface area contributed by atoms with Crippen molar-refractivity contribution >= 4 is 5.57 Å². The van der Waals surface area contributed by atoms with Crippen LogP contribution in [0, 0.1) is 0 Å². The van der Waals surface area contributed by atoms with E-state index in [-0.39, 0.29) is 0 Å². The second-order valence-electron chi connectivity index (χ2n) is 5.69. The molecule has 0 aliphatic carbocycles. The van der Waals surface area contributed by atoms with E-state index in [0.717, 1.165) is 38.9 Å². The van der Waals surface area contributed by atoms with Gasteiger partial charge in [0.05, 0.1) is 5.60 Å². The van der Waals surface area contributed by atoms with Crippen molar-refractivity contribution in [3.05, 3.63) is 35.9 Å². The minimum absolute atomic E-state index is 0.308. The number of hydrogen-bond donors (Lipinski definition) is 2. The number of benzene rings is 1. The van der Waals surface area contributed by atoms with Crippen LogP contribution in [0.4, 0.5) is 0 Å². The summed E-state index contributed by atoms with van der Waals surface area (Å²) in [4.78, 5) is 2.32. The minimum Gasteiger partial charge on any atom is -0.508 e. The SMILES string of the molecule is CCC(O)(CC)CN1CC=C(c2ccc(O)cc2)CC1. The molecule has 3 nitrogen and oxygen atoms in total. The lowest BCUT2D eigenvalue weighted by atomic mass is 9.94. The summed E-state index contributed by atoms with van der Waals surface area (Å²) < 4.78 is 0. The Morgan fingerprint density at radius 3 is 2.30 bits per heavy atom. The zero-order chi connectivity index (χ0) is 14.6. The topological polar surface area (TPSA) is 43.7 Å². The number of phenols is 1. The standard InChI is InChI=1S/C17H25NO2/c1-3-17(20,4-2)13-18-11-9-15(10-12-18)14-5-7-16(19)8-6-14/h5-9,19-20H,3-4,10-13H2,1-2H3. The quantitative estimate of drug-likeness (QED) is 0.868. The predicted octanol–water partition coefficient (Wildman–Crippen LogP) is 3.03. The lowest BCUT2D eigenvalue weighted by molar-refractivity contribution is -0.000738. The summed E-state index contributed by atoms with van der Waals surface area (Å²) in [5, 5.41) is 19.7. The largest absolute Gasteiger partial charge is 0.508 e. The van der Waals surface area contributed by atoms with Crippen molar-refractivity contribution in [3.63, 3.8) is 0 Å². The molecule has 0 saturated heterocycles. The van der Waals surface area contributed by atoms with Gasteiger partial charge >= 0.3 is 0 Å². The fourth-order valence-corrected chi connectivity index (χ4v) is 2.68. The van der Waals surface area contributed by atoms with Crippen LogP contribution >= 0.6 is 0 Å². The molecule has 0 bridgehead atoms. The third kappa shape index (κ3) is 3.62. The maximum atomic E-state index is 10.4. The number of rotatable bonds is 5. The molecule has 2 rings (SSSR count). The van der Waals surface area contributed by atoms with Crippen molar-refractivity contribution in [2.45, 2.75) is 38.7 Å². The highest BCUT2D eigenvalue weighted by Crippen LogP contribution is 2.25. The van der Waals surface area contributed by atoms with Crippen molar-refractivity contribution in [3.8, 4) is 5.75 Å². The fraction of sp³-hybridized carbons (Fsp3) is 0.529. The molecule has 2 N–H and O–H groups in total. The first kappa shape index (κ1) is 15.1. The average Bonchev–Trinajstić information content (AvgIpc) is 2.49. The average molecular weight is 275 g/mol. The zero-order valence-electron chi connectivity index (χ0n) is 12.5. The van der Waals surface area contributed by atoms with Crippen LogP contribution in [0.15, 0.2) is 30.3 Å². The third-order valence-corrected chi connectivity index (χ3v) is 4.37. The Labute approximate surface area is 121 Å². The molecule has 0 atom stereocenters. The number of nitrogens with zero attached hydrogens (tertiary/aromatic N) is 1. The number of β-amino-alcohol motifs (C(OH)–C–C–N with tert-alkyl or cyclic N) is 1. The predicted molar refractivity (Wildman–Crippen MR) is 82.7 cm³/mol. The van der Waals surface area contributed by atoms with E-state index in [1.54, 1.807) is 12.1 Å². The number of hydrogen-bond acceptors (Lipinski definition) is 3. The van der Waals surface area contributed by atoms with E-state index < -0.39 is 5.60 Å². The second kappa shape index (κ2) is 6.42. The molecule has 0 radical (unpaired) electrons. The zero-order valence-corrected chi connectivity index (χ0v) is 12.5. The van der Waals surface area contributed by atoms with Crippen LogP contribution in [-0.2, 0) is 0 Å². The van der Waals surface area contributed by atoms with Gasteiger partial charge in [-0.3, -0.25) is 4.90 Å². The molecule has 0 saturated carbocycles. The molecule has 20 heavy (non-hydrogen) atoms. The van der Waals surface area contributed by atoms with E-state index in [2.05, 4.69) is 11.0 Å². The van der Waals surface area contributed by atoms with Crippen molar-refractivity contribution in [1.29, 1.82) is 0 Å². The molecule has 0 fully saturated rings. The molecule has 1 aliphatic rings. The molecule has 110 valence electrons. The molecular weight excluding hydrogens is 250 g/mol. The van der Waals surface area contributed by atoms with Gasteiger partial charge in [0.1, 0.15) is 5.75 Å². The van der Waals surface area contributed by atoms with Crippen LogP contribution in [0.2, 0.25) is 0 Å². The monoisotopic (exact) mass is 275 g/mol. The summed E-state index contributed by atoms with van der Waals surface area (Å²) in [7, 11) is 0. The Hall–Kier alpha value is -1.32. The van der Waals surface area contributed by atoms with Gasteiger partial charge in [0.25, 0.3) is 0 Å². The Kier molecular flexibility index (Phi) is 4.84. The van der Waals surface area contributed by atoms with Crippen molar-refractivity contribution in [2.24, 2.45) is 0 Å². The number of aliphatic hydroxyl groups is 1. The molecule has 1 aliphatic heterocycles. The lowest BCUT2D eigenvalue weighted by Crippen LogP contribution is -2.43. The first-order valence-electron chi connectivity index (χ1n) is 7.49. The van der Waals surface area contributed by atoms with Crippen LogP contribution in [0.1, 0.15) is 38.7 Å². The van der Waals surface area contributed by atoms with Gasteiger partial charge < -0.3 is 10.2 Å². The minimum atomic E-state index is -0.552. The van der Waals surface area contributed by atoms with Crippen molar-refractivity contribution < 1.29 is 10.2 Å². The molecule has 0 unspecified atom stereocenters. The Bertz CT molecular complexity index is 460. The van der Waals surface area contributed by atoms with Gasteiger partial charge in [0, 0.05) is 19.6 Å². The molecule has 3 heteroatoms. The Morgan fingerprint density at radius 2 is 1.80 bits per heavy atom. The maximum absolute atomic E-state index is 10.4.